The molecule has 1 aromatic carbocycles. The van der Waals surface area contributed by atoms with Gasteiger partial charge < -0.3 is 15.4 Å². The first-order chi connectivity index (χ1) is 11.2. The Morgan fingerprint density at radius 1 is 1.32 bits per heavy atom. The molecule has 1 amide bonds. The molecule has 0 bridgehead atoms. The van der Waals surface area contributed by atoms with Crippen molar-refractivity contribution in [3.63, 3.8) is 0 Å². The Balaban J connectivity index is 0.00000312. The number of carbonyl (C=O) groups is 1. The third kappa shape index (κ3) is 5.29. The maximum Gasteiger partial charge on any atom is 0.241 e. The van der Waals surface area contributed by atoms with Crippen LogP contribution in [0.2, 0.25) is 0 Å². The first-order valence-electron chi connectivity index (χ1n) is 7.85. The number of hydrogen-bond donors (Lipinski definition) is 2. The van der Waals surface area contributed by atoms with E-state index >= 15 is 0 Å². The van der Waals surface area contributed by atoms with Crippen LogP contribution in [0.15, 0.2) is 24.3 Å². The molecule has 0 spiro atoms. The van der Waals surface area contributed by atoms with Crippen LogP contribution in [0.1, 0.15) is 19.8 Å². The molecule has 1 aliphatic rings. The highest BCUT2D eigenvalue weighted by molar-refractivity contribution is 7.92. The molecule has 0 aromatic heterocycles. The van der Waals surface area contributed by atoms with Crippen LogP contribution >= 0.6 is 12.4 Å². The standard InChI is InChI=1S/C16H23FN2O4S.ClH/c1-12(23-14-5-3-13(17)4-6-14)11-19-15(20)16(24(2,21)22)7-9-18-10-8-16;/h3-6,12,18H,7-11H2,1-2H3,(H,19,20);1H. The molecule has 0 radical (unpaired) electrons. The molecule has 1 atom stereocenters. The van der Waals surface area contributed by atoms with E-state index in [1.807, 2.05) is 0 Å². The van der Waals surface area contributed by atoms with E-state index in [2.05, 4.69) is 10.6 Å². The molecule has 2 N–H and O–H groups in total. The van der Waals surface area contributed by atoms with Gasteiger partial charge in [0.2, 0.25) is 5.91 Å². The van der Waals surface area contributed by atoms with E-state index in [0.29, 0.717) is 18.8 Å². The molecule has 0 saturated carbocycles. The fraction of sp³-hybridized carbons (Fsp3) is 0.562. The van der Waals surface area contributed by atoms with Gasteiger partial charge in [0.1, 0.15) is 17.7 Å². The molecule has 2 rings (SSSR count). The molecule has 25 heavy (non-hydrogen) atoms. The highest BCUT2D eigenvalue weighted by Gasteiger charge is 2.48. The minimum absolute atomic E-state index is 0. The lowest BCUT2D eigenvalue weighted by Gasteiger charge is -2.34. The summed E-state index contributed by atoms with van der Waals surface area (Å²) in [6.07, 6.45) is 1.24. The Morgan fingerprint density at radius 2 is 1.88 bits per heavy atom. The number of hydrogen-bond acceptors (Lipinski definition) is 5. The normalized spacial score (nSPS) is 17.9. The van der Waals surface area contributed by atoms with E-state index < -0.39 is 20.5 Å². The van der Waals surface area contributed by atoms with Crippen LogP contribution < -0.4 is 15.4 Å². The predicted molar refractivity (Wildman–Crippen MR) is 96.4 cm³/mol. The van der Waals surface area contributed by atoms with Crippen molar-refractivity contribution in [2.24, 2.45) is 0 Å². The molecule has 1 saturated heterocycles. The van der Waals surface area contributed by atoms with Crippen molar-refractivity contribution in [1.82, 2.24) is 10.6 Å². The largest absolute Gasteiger partial charge is 0.489 e. The molecule has 1 heterocycles. The van der Waals surface area contributed by atoms with Crippen molar-refractivity contribution in [2.45, 2.75) is 30.6 Å². The van der Waals surface area contributed by atoms with Crippen LogP contribution in [0.3, 0.4) is 0 Å². The molecule has 1 unspecified atom stereocenters. The quantitative estimate of drug-likeness (QED) is 0.759. The predicted octanol–water partition coefficient (Wildman–Crippen LogP) is 1.30. The van der Waals surface area contributed by atoms with Gasteiger partial charge in [-0.3, -0.25) is 4.79 Å². The Bertz CT molecular complexity index is 676. The second kappa shape index (κ2) is 8.82. The van der Waals surface area contributed by atoms with Crippen LogP contribution in [0.4, 0.5) is 4.39 Å². The molecule has 6 nitrogen and oxygen atoms in total. The molecular weight excluding hydrogens is 371 g/mol. The van der Waals surface area contributed by atoms with Gasteiger partial charge in [-0.25, -0.2) is 12.8 Å². The van der Waals surface area contributed by atoms with Gasteiger partial charge in [0, 0.05) is 6.26 Å². The lowest BCUT2D eigenvalue weighted by Crippen LogP contribution is -2.58. The van der Waals surface area contributed by atoms with E-state index in [9.17, 15) is 17.6 Å². The smallest absolute Gasteiger partial charge is 0.241 e. The minimum atomic E-state index is -3.53. The Hall–Kier alpha value is -1.38. The first kappa shape index (κ1) is 21.7. The molecule has 9 heteroatoms. The van der Waals surface area contributed by atoms with Gasteiger partial charge in [-0.2, -0.15) is 0 Å². The van der Waals surface area contributed by atoms with Gasteiger partial charge >= 0.3 is 0 Å². The summed E-state index contributed by atoms with van der Waals surface area (Å²) in [7, 11) is -3.53. The zero-order valence-corrected chi connectivity index (χ0v) is 15.9. The van der Waals surface area contributed by atoms with Crippen LogP contribution in [0.5, 0.6) is 5.75 Å². The SMILES string of the molecule is CC(CNC(=O)C1(S(C)(=O)=O)CCNCC1)Oc1ccc(F)cc1.Cl. The maximum absolute atomic E-state index is 12.9. The lowest BCUT2D eigenvalue weighted by molar-refractivity contribution is -0.124. The molecule has 1 aromatic rings. The summed E-state index contributed by atoms with van der Waals surface area (Å²) >= 11 is 0. The van der Waals surface area contributed by atoms with Crippen molar-refractivity contribution >= 4 is 28.2 Å². The van der Waals surface area contributed by atoms with Crippen LogP contribution in [0.25, 0.3) is 0 Å². The fourth-order valence-electron chi connectivity index (χ4n) is 2.78. The number of piperidine rings is 1. The number of halogens is 2. The monoisotopic (exact) mass is 394 g/mol. The third-order valence-electron chi connectivity index (χ3n) is 4.24. The summed E-state index contributed by atoms with van der Waals surface area (Å²) in [4.78, 5) is 12.5. The van der Waals surface area contributed by atoms with Crippen molar-refractivity contribution in [3.8, 4) is 5.75 Å². The van der Waals surface area contributed by atoms with Gasteiger partial charge in [0.25, 0.3) is 0 Å². The Morgan fingerprint density at radius 3 is 2.40 bits per heavy atom. The Labute approximate surface area is 153 Å². The van der Waals surface area contributed by atoms with Gasteiger partial charge in [-0.15, -0.1) is 12.4 Å². The third-order valence-corrected chi connectivity index (χ3v) is 6.25. The average Bonchev–Trinajstić information content (AvgIpc) is 2.54. The molecule has 142 valence electrons. The van der Waals surface area contributed by atoms with Crippen LogP contribution in [-0.2, 0) is 14.6 Å². The lowest BCUT2D eigenvalue weighted by atomic mass is 9.96. The zero-order chi connectivity index (χ0) is 17.8. The van der Waals surface area contributed by atoms with Crippen LogP contribution in [-0.4, -0.2) is 51.1 Å². The van der Waals surface area contributed by atoms with E-state index in [1.54, 1.807) is 6.92 Å². The van der Waals surface area contributed by atoms with E-state index in [0.717, 1.165) is 6.26 Å². The second-order valence-corrected chi connectivity index (χ2v) is 8.43. The summed E-state index contributed by atoms with van der Waals surface area (Å²) in [6, 6.07) is 5.57. The van der Waals surface area contributed by atoms with Crippen molar-refractivity contribution in [3.05, 3.63) is 30.1 Å². The van der Waals surface area contributed by atoms with Gasteiger partial charge in [0.15, 0.2) is 14.6 Å². The highest BCUT2D eigenvalue weighted by Crippen LogP contribution is 2.28. The van der Waals surface area contributed by atoms with Gasteiger partial charge in [-0.1, -0.05) is 0 Å². The zero-order valence-electron chi connectivity index (χ0n) is 14.2. The summed E-state index contributed by atoms with van der Waals surface area (Å²) < 4.78 is 41.4. The number of rotatable bonds is 6. The number of nitrogens with one attached hydrogen (secondary N) is 2. The average molecular weight is 395 g/mol. The van der Waals surface area contributed by atoms with Crippen molar-refractivity contribution < 1.29 is 22.3 Å². The summed E-state index contributed by atoms with van der Waals surface area (Å²) in [5, 5.41) is 5.75. The van der Waals surface area contributed by atoms with Crippen molar-refractivity contribution in [2.75, 3.05) is 25.9 Å². The summed E-state index contributed by atoms with van der Waals surface area (Å²) in [6.45, 7) is 2.89. The van der Waals surface area contributed by atoms with E-state index in [1.165, 1.54) is 24.3 Å². The van der Waals surface area contributed by atoms with E-state index in [4.69, 9.17) is 4.74 Å². The van der Waals surface area contributed by atoms with Crippen molar-refractivity contribution in [1.29, 1.82) is 0 Å². The topological polar surface area (TPSA) is 84.5 Å². The number of sulfone groups is 1. The molecule has 0 aliphatic carbocycles. The number of benzene rings is 1. The maximum atomic E-state index is 12.9. The minimum Gasteiger partial charge on any atom is -0.489 e. The molecule has 1 aliphatic heterocycles. The summed E-state index contributed by atoms with van der Waals surface area (Å²) in [5.74, 6) is -0.358. The second-order valence-electron chi connectivity index (χ2n) is 6.11. The fourth-order valence-corrected chi connectivity index (χ4v) is 4.14. The Kier molecular flexibility index (Phi) is 7.64. The van der Waals surface area contributed by atoms with Gasteiger partial charge in [-0.05, 0) is 57.1 Å². The summed E-state index contributed by atoms with van der Waals surface area (Å²) in [5.41, 5.74) is 0. The number of carbonyl (C=O) groups excluding carboxylic acids is 1. The van der Waals surface area contributed by atoms with Crippen LogP contribution in [0, 0.1) is 5.82 Å². The number of ether oxygens (including phenoxy) is 1. The van der Waals surface area contributed by atoms with E-state index in [-0.39, 0.29) is 43.7 Å². The molecular formula is C16H24ClFN2O4S. The number of amides is 1. The molecule has 1 fully saturated rings. The first-order valence-corrected chi connectivity index (χ1v) is 9.74. The van der Waals surface area contributed by atoms with Gasteiger partial charge in [0.05, 0.1) is 6.54 Å². The highest BCUT2D eigenvalue weighted by atomic mass is 35.5.